The predicted molar refractivity (Wildman–Crippen MR) is 85.1 cm³/mol. The van der Waals surface area contributed by atoms with Crippen LogP contribution in [0, 0.1) is 11.8 Å². The second-order valence-electron chi connectivity index (χ2n) is 7.94. The molecule has 0 saturated heterocycles. The molecule has 0 saturated carbocycles. The van der Waals surface area contributed by atoms with Crippen LogP contribution in [0.1, 0.15) is 67.7 Å². The standard InChI is InChI=1S/C17H34O4/c1-13(12-20-16(2,3)4)10-14(11-18)8-9-15(19)21-17(5,6)7/h13-14,18H,8-12H2,1-7H3/t13-,14+/m0/s1. The molecule has 0 fully saturated rings. The van der Waals surface area contributed by atoms with Gasteiger partial charge in [0.25, 0.3) is 0 Å². The van der Waals surface area contributed by atoms with Gasteiger partial charge >= 0.3 is 5.97 Å². The number of carbonyl (C=O) groups excluding carboxylic acids is 1. The van der Waals surface area contributed by atoms with Crippen LogP contribution in [0.2, 0.25) is 0 Å². The van der Waals surface area contributed by atoms with E-state index in [-0.39, 0.29) is 24.1 Å². The molecule has 0 amide bonds. The molecule has 4 heteroatoms. The topological polar surface area (TPSA) is 55.8 Å². The molecule has 0 unspecified atom stereocenters. The van der Waals surface area contributed by atoms with Crippen molar-refractivity contribution in [1.29, 1.82) is 0 Å². The Hall–Kier alpha value is -0.610. The lowest BCUT2D eigenvalue weighted by Gasteiger charge is -2.25. The molecule has 0 aliphatic heterocycles. The molecule has 21 heavy (non-hydrogen) atoms. The summed E-state index contributed by atoms with van der Waals surface area (Å²) in [6, 6.07) is 0. The third-order valence-electron chi connectivity index (χ3n) is 2.97. The van der Waals surface area contributed by atoms with Crippen LogP contribution in [0.15, 0.2) is 0 Å². The summed E-state index contributed by atoms with van der Waals surface area (Å²) in [6.45, 7) is 14.6. The highest BCUT2D eigenvalue weighted by Gasteiger charge is 2.20. The molecule has 1 N–H and O–H groups in total. The van der Waals surface area contributed by atoms with Crippen molar-refractivity contribution in [1.82, 2.24) is 0 Å². The van der Waals surface area contributed by atoms with Crippen molar-refractivity contribution < 1.29 is 19.4 Å². The van der Waals surface area contributed by atoms with Gasteiger partial charge < -0.3 is 14.6 Å². The van der Waals surface area contributed by atoms with Crippen LogP contribution in [0.3, 0.4) is 0 Å². The first kappa shape index (κ1) is 20.4. The summed E-state index contributed by atoms with van der Waals surface area (Å²) in [7, 11) is 0. The first-order chi connectivity index (χ1) is 9.43. The summed E-state index contributed by atoms with van der Waals surface area (Å²) in [6.07, 6.45) is 1.87. The molecule has 2 atom stereocenters. The molecule has 4 nitrogen and oxygen atoms in total. The van der Waals surface area contributed by atoms with Crippen LogP contribution in [-0.2, 0) is 14.3 Å². The maximum atomic E-state index is 11.7. The van der Waals surface area contributed by atoms with Crippen molar-refractivity contribution in [3.8, 4) is 0 Å². The minimum atomic E-state index is -0.445. The van der Waals surface area contributed by atoms with E-state index in [4.69, 9.17) is 9.47 Å². The van der Waals surface area contributed by atoms with Crippen molar-refractivity contribution >= 4 is 5.97 Å². The van der Waals surface area contributed by atoms with Gasteiger partial charge in [-0.15, -0.1) is 0 Å². The summed E-state index contributed by atoms with van der Waals surface area (Å²) in [5.74, 6) is 0.288. The normalized spacial score (nSPS) is 15.6. The van der Waals surface area contributed by atoms with E-state index in [1.165, 1.54) is 0 Å². The fourth-order valence-corrected chi connectivity index (χ4v) is 2.03. The second-order valence-corrected chi connectivity index (χ2v) is 7.94. The number of carbonyl (C=O) groups is 1. The summed E-state index contributed by atoms with van der Waals surface area (Å²) in [4.78, 5) is 11.7. The Kier molecular flexibility index (Phi) is 8.49. The van der Waals surface area contributed by atoms with Gasteiger partial charge in [0.15, 0.2) is 0 Å². The van der Waals surface area contributed by atoms with Gasteiger partial charge in [0, 0.05) is 19.6 Å². The Morgan fingerprint density at radius 3 is 2.10 bits per heavy atom. The summed E-state index contributed by atoms with van der Waals surface area (Å²) in [5, 5.41) is 9.46. The third kappa shape index (κ3) is 12.8. The van der Waals surface area contributed by atoms with Crippen LogP contribution in [0.5, 0.6) is 0 Å². The number of rotatable bonds is 8. The van der Waals surface area contributed by atoms with Crippen molar-refractivity contribution in [3.63, 3.8) is 0 Å². The minimum absolute atomic E-state index is 0.0999. The summed E-state index contributed by atoms with van der Waals surface area (Å²) >= 11 is 0. The lowest BCUT2D eigenvalue weighted by atomic mass is 9.93. The Labute approximate surface area is 130 Å². The van der Waals surface area contributed by atoms with E-state index in [0.717, 1.165) is 6.42 Å². The van der Waals surface area contributed by atoms with Crippen LogP contribution in [-0.4, -0.2) is 35.5 Å². The number of hydrogen-bond donors (Lipinski definition) is 1. The quantitative estimate of drug-likeness (QED) is 0.697. The Morgan fingerprint density at radius 2 is 1.67 bits per heavy atom. The zero-order chi connectivity index (χ0) is 16.7. The fraction of sp³-hybridized carbons (Fsp3) is 0.941. The molecule has 0 rings (SSSR count). The Morgan fingerprint density at radius 1 is 1.10 bits per heavy atom. The highest BCUT2D eigenvalue weighted by molar-refractivity contribution is 5.69. The number of aliphatic hydroxyl groups excluding tert-OH is 1. The molecule has 0 spiro atoms. The lowest BCUT2D eigenvalue weighted by Crippen LogP contribution is -2.25. The van der Waals surface area contributed by atoms with Crippen LogP contribution in [0.4, 0.5) is 0 Å². The van der Waals surface area contributed by atoms with Gasteiger partial charge in [-0.3, -0.25) is 4.79 Å². The summed E-state index contributed by atoms with van der Waals surface area (Å²) < 4.78 is 11.0. The monoisotopic (exact) mass is 302 g/mol. The van der Waals surface area contributed by atoms with E-state index in [0.29, 0.717) is 25.4 Å². The Bertz CT molecular complexity index is 299. The zero-order valence-electron chi connectivity index (χ0n) is 14.9. The number of ether oxygens (including phenoxy) is 2. The number of hydrogen-bond acceptors (Lipinski definition) is 4. The average molecular weight is 302 g/mol. The van der Waals surface area contributed by atoms with E-state index >= 15 is 0 Å². The highest BCUT2D eigenvalue weighted by Crippen LogP contribution is 2.20. The molecule has 0 aliphatic carbocycles. The molecular formula is C17H34O4. The van der Waals surface area contributed by atoms with Gasteiger partial charge in [0.1, 0.15) is 5.60 Å². The van der Waals surface area contributed by atoms with Crippen LogP contribution < -0.4 is 0 Å². The van der Waals surface area contributed by atoms with Crippen molar-refractivity contribution in [2.45, 2.75) is 78.9 Å². The molecule has 126 valence electrons. The molecule has 0 aromatic heterocycles. The lowest BCUT2D eigenvalue weighted by molar-refractivity contribution is -0.155. The molecule has 0 aromatic rings. The zero-order valence-corrected chi connectivity index (χ0v) is 14.9. The second kappa shape index (κ2) is 8.74. The third-order valence-corrected chi connectivity index (χ3v) is 2.97. The van der Waals surface area contributed by atoms with E-state index in [1.807, 2.05) is 41.5 Å². The molecule has 0 aromatic carbocycles. The van der Waals surface area contributed by atoms with Gasteiger partial charge in [-0.05, 0) is 66.2 Å². The molecular weight excluding hydrogens is 268 g/mol. The molecule has 0 bridgehead atoms. The first-order valence-corrected chi connectivity index (χ1v) is 7.89. The molecule has 0 radical (unpaired) electrons. The Balaban J connectivity index is 4.08. The summed E-state index contributed by atoms with van der Waals surface area (Å²) in [5.41, 5.74) is -0.584. The van der Waals surface area contributed by atoms with Crippen molar-refractivity contribution in [2.75, 3.05) is 13.2 Å². The van der Waals surface area contributed by atoms with E-state index in [2.05, 4.69) is 6.92 Å². The van der Waals surface area contributed by atoms with Crippen LogP contribution >= 0.6 is 0 Å². The van der Waals surface area contributed by atoms with Gasteiger partial charge in [0.2, 0.25) is 0 Å². The van der Waals surface area contributed by atoms with E-state index in [1.54, 1.807) is 0 Å². The minimum Gasteiger partial charge on any atom is -0.460 e. The predicted octanol–water partition coefficient (Wildman–Crippen LogP) is 3.56. The van der Waals surface area contributed by atoms with Gasteiger partial charge in [-0.1, -0.05) is 6.92 Å². The van der Waals surface area contributed by atoms with E-state index in [9.17, 15) is 9.90 Å². The van der Waals surface area contributed by atoms with Gasteiger partial charge in [-0.25, -0.2) is 0 Å². The maximum Gasteiger partial charge on any atom is 0.306 e. The molecule has 0 heterocycles. The fourth-order valence-electron chi connectivity index (χ4n) is 2.03. The number of aliphatic hydroxyl groups is 1. The SMILES string of the molecule is C[C@H](COC(C)(C)C)C[C@H](CO)CCC(=O)OC(C)(C)C. The van der Waals surface area contributed by atoms with Crippen molar-refractivity contribution in [3.05, 3.63) is 0 Å². The smallest absolute Gasteiger partial charge is 0.306 e. The van der Waals surface area contributed by atoms with Crippen molar-refractivity contribution in [2.24, 2.45) is 11.8 Å². The van der Waals surface area contributed by atoms with Gasteiger partial charge in [-0.2, -0.15) is 0 Å². The maximum absolute atomic E-state index is 11.7. The van der Waals surface area contributed by atoms with Crippen LogP contribution in [0.25, 0.3) is 0 Å². The highest BCUT2D eigenvalue weighted by atomic mass is 16.6. The number of esters is 1. The van der Waals surface area contributed by atoms with E-state index < -0.39 is 5.60 Å². The molecule has 0 aliphatic rings. The van der Waals surface area contributed by atoms with Gasteiger partial charge in [0.05, 0.1) is 5.60 Å². The average Bonchev–Trinajstić information content (AvgIpc) is 2.28. The largest absolute Gasteiger partial charge is 0.460 e. The first-order valence-electron chi connectivity index (χ1n) is 7.89.